The van der Waals surface area contributed by atoms with Gasteiger partial charge in [-0.05, 0) is 18.6 Å². The molecule has 1 rings (SSSR count). The van der Waals surface area contributed by atoms with Crippen molar-refractivity contribution in [2.45, 2.75) is 13.5 Å². The topological polar surface area (TPSA) is 41.5 Å². The Labute approximate surface area is 76.1 Å². The van der Waals surface area contributed by atoms with Gasteiger partial charge in [0.25, 0.3) is 0 Å². The second kappa shape index (κ2) is 4.20. The van der Waals surface area contributed by atoms with Crippen molar-refractivity contribution in [2.24, 2.45) is 0 Å². The molecule has 0 heterocycles. The average molecular weight is 185 g/mol. The molecule has 72 valence electrons. The van der Waals surface area contributed by atoms with E-state index in [1.165, 1.54) is 13.2 Å². The number of nitrogens with one attached hydrogen (secondary N) is 1. The molecule has 4 heteroatoms. The molecule has 0 bridgehead atoms. The number of hydrogen-bond donors (Lipinski definition) is 2. The summed E-state index contributed by atoms with van der Waals surface area (Å²) in [6.07, 6.45) is 0. The summed E-state index contributed by atoms with van der Waals surface area (Å²) in [6, 6.07) is 2.85. The molecular formula is C9H12FNO2. The number of phenols is 1. The van der Waals surface area contributed by atoms with E-state index in [1.54, 1.807) is 13.0 Å². The van der Waals surface area contributed by atoms with E-state index >= 15 is 0 Å². The van der Waals surface area contributed by atoms with Crippen LogP contribution in [0.3, 0.4) is 0 Å². The van der Waals surface area contributed by atoms with Crippen LogP contribution in [-0.4, -0.2) is 12.2 Å². The maximum atomic E-state index is 12.9. The fraction of sp³-hybridized carbons (Fsp3) is 0.333. The number of aryl methyl sites for hydroxylation is 1. The van der Waals surface area contributed by atoms with Crippen molar-refractivity contribution in [3.8, 4) is 5.75 Å². The summed E-state index contributed by atoms with van der Waals surface area (Å²) in [5.41, 5.74) is 3.89. The average Bonchev–Trinajstić information content (AvgIpc) is 2.12. The van der Waals surface area contributed by atoms with E-state index in [0.717, 1.165) is 5.56 Å². The Morgan fingerprint density at radius 3 is 2.85 bits per heavy atom. The Hall–Kier alpha value is -1.13. The molecule has 3 nitrogen and oxygen atoms in total. The molecule has 0 aliphatic heterocycles. The Kier molecular flexibility index (Phi) is 3.22. The van der Waals surface area contributed by atoms with Crippen molar-refractivity contribution >= 4 is 0 Å². The molecule has 0 saturated carbocycles. The van der Waals surface area contributed by atoms with E-state index in [0.29, 0.717) is 5.56 Å². The van der Waals surface area contributed by atoms with Crippen LogP contribution < -0.4 is 5.48 Å². The van der Waals surface area contributed by atoms with Gasteiger partial charge in [-0.2, -0.15) is 5.48 Å². The standard InChI is InChI=1S/C9H12FNO2/c1-6-3-4-8(10)9(12)7(6)5-11-13-2/h3-4,11-12H,5H2,1-2H3. The number of aromatic hydroxyl groups is 1. The minimum atomic E-state index is -0.612. The third-order valence-corrected chi connectivity index (χ3v) is 1.86. The van der Waals surface area contributed by atoms with Gasteiger partial charge in [0.1, 0.15) is 0 Å². The summed E-state index contributed by atoms with van der Waals surface area (Å²) in [7, 11) is 1.46. The van der Waals surface area contributed by atoms with Gasteiger partial charge >= 0.3 is 0 Å². The zero-order valence-electron chi connectivity index (χ0n) is 7.60. The SMILES string of the molecule is CONCc1c(C)ccc(F)c1O. The second-order valence-electron chi connectivity index (χ2n) is 2.72. The van der Waals surface area contributed by atoms with E-state index < -0.39 is 5.82 Å². The van der Waals surface area contributed by atoms with Gasteiger partial charge in [-0.15, -0.1) is 0 Å². The molecule has 1 aromatic carbocycles. The van der Waals surface area contributed by atoms with Crippen molar-refractivity contribution in [1.82, 2.24) is 5.48 Å². The fourth-order valence-corrected chi connectivity index (χ4v) is 1.08. The van der Waals surface area contributed by atoms with Crippen LogP contribution in [0.25, 0.3) is 0 Å². The number of hydrogen-bond acceptors (Lipinski definition) is 3. The lowest BCUT2D eigenvalue weighted by Gasteiger charge is -2.08. The Balaban J connectivity index is 2.96. The first-order valence-electron chi connectivity index (χ1n) is 3.89. The largest absolute Gasteiger partial charge is 0.505 e. The number of halogens is 1. The van der Waals surface area contributed by atoms with Gasteiger partial charge in [-0.25, -0.2) is 4.39 Å². The molecule has 0 aliphatic carbocycles. The molecule has 0 atom stereocenters. The van der Waals surface area contributed by atoms with Gasteiger partial charge < -0.3 is 9.94 Å². The predicted octanol–water partition coefficient (Wildman–Crippen LogP) is 1.49. The number of rotatable bonds is 3. The normalized spacial score (nSPS) is 10.4. The van der Waals surface area contributed by atoms with Crippen LogP contribution >= 0.6 is 0 Å². The van der Waals surface area contributed by atoms with Crippen LogP contribution in [-0.2, 0) is 11.4 Å². The zero-order chi connectivity index (χ0) is 9.84. The highest BCUT2D eigenvalue weighted by Crippen LogP contribution is 2.23. The summed E-state index contributed by atoms with van der Waals surface area (Å²) in [4.78, 5) is 4.61. The number of hydroxylamine groups is 1. The third kappa shape index (κ3) is 2.17. The summed E-state index contributed by atoms with van der Waals surface area (Å²) in [5, 5.41) is 9.33. The lowest BCUT2D eigenvalue weighted by Crippen LogP contribution is -2.12. The highest BCUT2D eigenvalue weighted by Gasteiger charge is 2.09. The van der Waals surface area contributed by atoms with Gasteiger partial charge in [0.15, 0.2) is 11.6 Å². The van der Waals surface area contributed by atoms with Crippen LogP contribution in [0.1, 0.15) is 11.1 Å². The molecule has 0 unspecified atom stereocenters. The molecular weight excluding hydrogens is 173 g/mol. The first-order valence-corrected chi connectivity index (χ1v) is 3.89. The zero-order valence-corrected chi connectivity index (χ0v) is 7.60. The fourth-order valence-electron chi connectivity index (χ4n) is 1.08. The van der Waals surface area contributed by atoms with Gasteiger partial charge in [0.05, 0.1) is 13.7 Å². The smallest absolute Gasteiger partial charge is 0.165 e. The van der Waals surface area contributed by atoms with Gasteiger partial charge in [0, 0.05) is 5.56 Å². The van der Waals surface area contributed by atoms with Crippen LogP contribution in [0, 0.1) is 12.7 Å². The van der Waals surface area contributed by atoms with E-state index in [2.05, 4.69) is 10.3 Å². The monoisotopic (exact) mass is 185 g/mol. The van der Waals surface area contributed by atoms with Crippen molar-refractivity contribution in [3.05, 3.63) is 29.1 Å². The molecule has 0 aromatic heterocycles. The highest BCUT2D eigenvalue weighted by molar-refractivity contribution is 5.39. The van der Waals surface area contributed by atoms with Gasteiger partial charge in [0.2, 0.25) is 0 Å². The maximum absolute atomic E-state index is 12.9. The minimum absolute atomic E-state index is 0.284. The molecule has 0 amide bonds. The molecule has 13 heavy (non-hydrogen) atoms. The van der Waals surface area contributed by atoms with E-state index in [1.807, 2.05) is 0 Å². The lowest BCUT2D eigenvalue weighted by atomic mass is 10.1. The molecule has 0 fully saturated rings. The summed E-state index contributed by atoms with van der Waals surface area (Å²) >= 11 is 0. The van der Waals surface area contributed by atoms with Crippen LogP contribution in [0.15, 0.2) is 12.1 Å². The molecule has 0 aliphatic rings. The molecule has 0 spiro atoms. The van der Waals surface area contributed by atoms with E-state index in [4.69, 9.17) is 0 Å². The van der Waals surface area contributed by atoms with Gasteiger partial charge in [-0.1, -0.05) is 6.07 Å². The second-order valence-corrected chi connectivity index (χ2v) is 2.72. The minimum Gasteiger partial charge on any atom is -0.505 e. The Bertz CT molecular complexity index is 302. The Morgan fingerprint density at radius 2 is 2.23 bits per heavy atom. The van der Waals surface area contributed by atoms with E-state index in [-0.39, 0.29) is 12.3 Å². The van der Waals surface area contributed by atoms with Crippen LogP contribution in [0.5, 0.6) is 5.75 Å². The Morgan fingerprint density at radius 1 is 1.54 bits per heavy atom. The molecule has 0 radical (unpaired) electrons. The summed E-state index contributed by atoms with van der Waals surface area (Å²) < 4.78 is 12.9. The summed E-state index contributed by atoms with van der Waals surface area (Å²) in [5.74, 6) is -0.928. The first-order chi connectivity index (χ1) is 6.16. The third-order valence-electron chi connectivity index (χ3n) is 1.86. The van der Waals surface area contributed by atoms with Crippen molar-refractivity contribution in [1.29, 1.82) is 0 Å². The maximum Gasteiger partial charge on any atom is 0.165 e. The van der Waals surface area contributed by atoms with E-state index in [9.17, 15) is 9.50 Å². The van der Waals surface area contributed by atoms with Crippen molar-refractivity contribution < 1.29 is 14.3 Å². The quantitative estimate of drug-likeness (QED) is 0.701. The van der Waals surface area contributed by atoms with Crippen molar-refractivity contribution in [3.63, 3.8) is 0 Å². The number of benzene rings is 1. The highest BCUT2D eigenvalue weighted by atomic mass is 19.1. The molecule has 0 saturated heterocycles. The number of phenolic OH excluding ortho intramolecular Hbond substituents is 1. The van der Waals surface area contributed by atoms with Crippen molar-refractivity contribution in [2.75, 3.05) is 7.11 Å². The summed E-state index contributed by atoms with van der Waals surface area (Å²) in [6.45, 7) is 2.08. The first kappa shape index (κ1) is 9.95. The lowest BCUT2D eigenvalue weighted by molar-refractivity contribution is 0.0859. The van der Waals surface area contributed by atoms with Crippen LogP contribution in [0.4, 0.5) is 4.39 Å². The predicted molar refractivity (Wildman–Crippen MR) is 46.7 cm³/mol. The van der Waals surface area contributed by atoms with Crippen LogP contribution in [0.2, 0.25) is 0 Å². The molecule has 1 aromatic rings. The van der Waals surface area contributed by atoms with Gasteiger partial charge in [-0.3, -0.25) is 0 Å². The molecule has 2 N–H and O–H groups in total.